The summed E-state index contributed by atoms with van der Waals surface area (Å²) in [6.07, 6.45) is -2.59. The highest BCUT2D eigenvalue weighted by atomic mass is 32.2. The van der Waals surface area contributed by atoms with Gasteiger partial charge < -0.3 is 0 Å². The van der Waals surface area contributed by atoms with Crippen molar-refractivity contribution in [3.8, 4) is 0 Å². The quantitative estimate of drug-likeness (QED) is 0.515. The van der Waals surface area contributed by atoms with Crippen molar-refractivity contribution in [2.45, 2.75) is 38.0 Å². The van der Waals surface area contributed by atoms with Crippen LogP contribution >= 0.6 is 11.8 Å². The summed E-state index contributed by atoms with van der Waals surface area (Å²) < 4.78 is 62.2. The molecule has 0 bridgehead atoms. The van der Waals surface area contributed by atoms with Crippen LogP contribution in [-0.4, -0.2) is 29.4 Å². The molecular weight excluding hydrogens is 251 g/mol. The summed E-state index contributed by atoms with van der Waals surface area (Å²) in [5, 5.41) is -0.211. The molecule has 1 nitrogen and oxygen atoms in total. The molecule has 0 spiro atoms. The molecule has 96 valence electrons. The Balaban J connectivity index is 3.91. The highest BCUT2D eigenvalue weighted by molar-refractivity contribution is 8.13. The van der Waals surface area contributed by atoms with Crippen LogP contribution in [0.15, 0.2) is 0 Å². The maximum Gasteiger partial charge on any atom is 0.281 e. The van der Waals surface area contributed by atoms with E-state index in [1.807, 2.05) is 0 Å². The van der Waals surface area contributed by atoms with Crippen molar-refractivity contribution in [3.05, 3.63) is 0 Å². The van der Waals surface area contributed by atoms with Gasteiger partial charge in [0.25, 0.3) is 11.8 Å². The summed E-state index contributed by atoms with van der Waals surface area (Å²) >= 11 is 0.862. The highest BCUT2D eigenvalue weighted by Crippen LogP contribution is 2.34. The minimum Gasteiger partial charge on any atom is -0.288 e. The molecule has 0 unspecified atom stereocenters. The molecule has 0 saturated carbocycles. The van der Waals surface area contributed by atoms with Crippen LogP contribution in [0, 0.1) is 0 Å². The van der Waals surface area contributed by atoms with Gasteiger partial charge in [0.15, 0.2) is 11.8 Å². The molecule has 0 aliphatic rings. The van der Waals surface area contributed by atoms with Gasteiger partial charge in [-0.25, -0.2) is 22.0 Å². The number of halogens is 5. The Morgan fingerprint density at radius 2 is 1.75 bits per heavy atom. The highest BCUT2D eigenvalue weighted by Gasteiger charge is 2.42. The van der Waals surface area contributed by atoms with Gasteiger partial charge in [0.1, 0.15) is 0 Å². The van der Waals surface area contributed by atoms with Crippen LogP contribution in [0.2, 0.25) is 0 Å². The van der Waals surface area contributed by atoms with Gasteiger partial charge in [-0.05, 0) is 6.42 Å². The Bertz CT molecular complexity index is 232. The van der Waals surface area contributed by atoms with Gasteiger partial charge >= 0.3 is 0 Å². The van der Waals surface area contributed by atoms with E-state index >= 15 is 0 Å². The van der Waals surface area contributed by atoms with Gasteiger partial charge in [0.2, 0.25) is 0 Å². The SMILES string of the molecule is CC(=O)SCCCC(F)(F)CC(F)(F)CF. The lowest BCUT2D eigenvalue weighted by Gasteiger charge is -2.20. The zero-order valence-electron chi connectivity index (χ0n) is 8.74. The second-order valence-electron chi connectivity index (χ2n) is 3.47. The van der Waals surface area contributed by atoms with E-state index in [0.717, 1.165) is 11.8 Å². The first-order valence-corrected chi connectivity index (χ1v) is 5.62. The normalized spacial score (nSPS) is 12.9. The molecule has 0 atom stereocenters. The number of thioether (sulfide) groups is 1. The molecule has 0 aliphatic heterocycles. The number of carbonyl (C=O) groups excluding carboxylic acids is 1. The van der Waals surface area contributed by atoms with Crippen molar-refractivity contribution in [1.82, 2.24) is 0 Å². The summed E-state index contributed by atoms with van der Waals surface area (Å²) in [5.74, 6) is -7.41. The second-order valence-corrected chi connectivity index (χ2v) is 4.74. The third-order valence-corrected chi connectivity index (χ3v) is 2.60. The third-order valence-electron chi connectivity index (χ3n) is 1.70. The summed E-state index contributed by atoms with van der Waals surface area (Å²) in [7, 11) is 0. The van der Waals surface area contributed by atoms with Gasteiger partial charge in [-0.2, -0.15) is 0 Å². The molecule has 0 aromatic carbocycles. The van der Waals surface area contributed by atoms with Gasteiger partial charge in [0.05, 0.1) is 6.42 Å². The van der Waals surface area contributed by atoms with E-state index < -0.39 is 31.4 Å². The maximum atomic E-state index is 12.9. The zero-order valence-corrected chi connectivity index (χ0v) is 9.56. The van der Waals surface area contributed by atoms with Crippen molar-refractivity contribution in [2.24, 2.45) is 0 Å². The molecule has 0 aromatic heterocycles. The topological polar surface area (TPSA) is 17.1 Å². The Kier molecular flexibility index (Phi) is 6.28. The molecule has 0 rings (SSSR count). The largest absolute Gasteiger partial charge is 0.288 e. The smallest absolute Gasteiger partial charge is 0.281 e. The van der Waals surface area contributed by atoms with E-state index in [0.29, 0.717) is 0 Å². The third kappa shape index (κ3) is 7.90. The van der Waals surface area contributed by atoms with Crippen LogP contribution in [0.25, 0.3) is 0 Å². The molecule has 0 amide bonds. The zero-order chi connectivity index (χ0) is 12.8. The monoisotopic (exact) mass is 264 g/mol. The predicted molar refractivity (Wildman–Crippen MR) is 52.9 cm³/mol. The van der Waals surface area contributed by atoms with Crippen LogP contribution in [0.4, 0.5) is 22.0 Å². The van der Waals surface area contributed by atoms with Gasteiger partial charge in [-0.3, -0.25) is 4.79 Å². The van der Waals surface area contributed by atoms with Gasteiger partial charge in [-0.15, -0.1) is 0 Å². The lowest BCUT2D eigenvalue weighted by molar-refractivity contribution is -0.122. The molecule has 0 aromatic rings. The Morgan fingerprint density at radius 1 is 1.19 bits per heavy atom. The van der Waals surface area contributed by atoms with Crippen molar-refractivity contribution < 1.29 is 26.7 Å². The lowest BCUT2D eigenvalue weighted by atomic mass is 10.1. The molecule has 0 heterocycles. The van der Waals surface area contributed by atoms with Crippen LogP contribution in [0.5, 0.6) is 0 Å². The van der Waals surface area contributed by atoms with Crippen molar-refractivity contribution in [3.63, 3.8) is 0 Å². The van der Waals surface area contributed by atoms with Crippen LogP contribution in [0.1, 0.15) is 26.2 Å². The fourth-order valence-electron chi connectivity index (χ4n) is 1.06. The van der Waals surface area contributed by atoms with Crippen LogP contribution < -0.4 is 0 Å². The molecular formula is C9H13F5OS. The molecule has 0 radical (unpaired) electrons. The van der Waals surface area contributed by atoms with E-state index in [-0.39, 0.29) is 17.3 Å². The van der Waals surface area contributed by atoms with Crippen molar-refractivity contribution >= 4 is 16.9 Å². The van der Waals surface area contributed by atoms with Crippen LogP contribution in [-0.2, 0) is 4.79 Å². The summed E-state index contributed by atoms with van der Waals surface area (Å²) in [5.41, 5.74) is 0. The van der Waals surface area contributed by atoms with E-state index in [9.17, 15) is 26.7 Å². The minimum absolute atomic E-state index is 0.0559. The lowest BCUT2D eigenvalue weighted by Crippen LogP contribution is -2.30. The Hall–Kier alpha value is -0.330. The molecule has 7 heteroatoms. The Labute approximate surface area is 94.8 Å². The molecule has 0 saturated heterocycles. The minimum atomic E-state index is -3.97. The summed E-state index contributed by atoms with van der Waals surface area (Å²) in [6, 6.07) is 0. The number of hydrogen-bond acceptors (Lipinski definition) is 2. The van der Waals surface area contributed by atoms with Gasteiger partial charge in [0, 0.05) is 19.1 Å². The second kappa shape index (κ2) is 6.42. The average Bonchev–Trinajstić information content (AvgIpc) is 2.11. The fraction of sp³-hybridized carbons (Fsp3) is 0.889. The molecule has 0 fully saturated rings. The number of alkyl halides is 5. The van der Waals surface area contributed by atoms with E-state index in [1.165, 1.54) is 6.92 Å². The van der Waals surface area contributed by atoms with E-state index in [4.69, 9.17) is 0 Å². The number of carbonyl (C=O) groups is 1. The Morgan fingerprint density at radius 3 is 2.19 bits per heavy atom. The maximum absolute atomic E-state index is 12.9. The standard InChI is InChI=1S/C9H13F5OS/c1-7(15)16-4-2-3-8(11,12)5-9(13,14)6-10/h2-6H2,1H3. The van der Waals surface area contributed by atoms with Crippen molar-refractivity contribution in [1.29, 1.82) is 0 Å². The average molecular weight is 264 g/mol. The first-order valence-electron chi connectivity index (χ1n) is 4.63. The number of hydrogen-bond donors (Lipinski definition) is 0. The van der Waals surface area contributed by atoms with Crippen molar-refractivity contribution in [2.75, 3.05) is 12.4 Å². The molecule has 16 heavy (non-hydrogen) atoms. The summed E-state index contributed by atoms with van der Waals surface area (Å²) in [6.45, 7) is -0.787. The predicted octanol–water partition coefficient (Wildman–Crippen LogP) is 3.68. The first kappa shape index (κ1) is 15.7. The van der Waals surface area contributed by atoms with Crippen LogP contribution in [0.3, 0.4) is 0 Å². The van der Waals surface area contributed by atoms with Gasteiger partial charge in [-0.1, -0.05) is 11.8 Å². The molecule has 0 N–H and O–H groups in total. The van der Waals surface area contributed by atoms with E-state index in [1.54, 1.807) is 0 Å². The first-order chi connectivity index (χ1) is 7.18. The van der Waals surface area contributed by atoms with E-state index in [2.05, 4.69) is 0 Å². The fourth-order valence-corrected chi connectivity index (χ4v) is 1.64. The number of rotatable bonds is 7. The molecule has 0 aliphatic carbocycles. The summed E-state index contributed by atoms with van der Waals surface area (Å²) in [4.78, 5) is 10.4.